The fraction of sp³-hybridized carbons (Fsp3) is 0.0833. The molecule has 6 heteroatoms. The van der Waals surface area contributed by atoms with Gasteiger partial charge in [0, 0.05) is 23.7 Å². The lowest BCUT2D eigenvalue weighted by Gasteiger charge is -1.93. The Kier molecular flexibility index (Phi) is 3.43. The van der Waals surface area contributed by atoms with Crippen LogP contribution in [-0.2, 0) is 4.79 Å². The van der Waals surface area contributed by atoms with E-state index in [0.717, 1.165) is 10.9 Å². The Labute approximate surface area is 107 Å². The van der Waals surface area contributed by atoms with Crippen LogP contribution in [0.2, 0.25) is 0 Å². The molecule has 0 saturated carbocycles. The molecule has 0 amide bonds. The molecular formula is C12H9ClN2O3. The highest BCUT2D eigenvalue weighted by molar-refractivity contribution is 6.29. The number of halogens is 1. The summed E-state index contributed by atoms with van der Waals surface area (Å²) >= 11 is 5.38. The van der Waals surface area contributed by atoms with E-state index in [2.05, 4.69) is 4.98 Å². The quantitative estimate of drug-likeness (QED) is 0.399. The molecule has 0 saturated heterocycles. The second-order valence-electron chi connectivity index (χ2n) is 3.66. The van der Waals surface area contributed by atoms with Crippen LogP contribution in [0.5, 0.6) is 0 Å². The molecular weight excluding hydrogens is 256 g/mol. The SMILES string of the molecule is O=C(C=Cc1c[nH]c2cc([N+](=O)[O-])ccc12)CCl. The van der Waals surface area contributed by atoms with Gasteiger partial charge in [0.05, 0.1) is 16.3 Å². The zero-order valence-electron chi connectivity index (χ0n) is 9.22. The van der Waals surface area contributed by atoms with Gasteiger partial charge in [-0.2, -0.15) is 0 Å². The minimum Gasteiger partial charge on any atom is -0.360 e. The van der Waals surface area contributed by atoms with Gasteiger partial charge < -0.3 is 4.98 Å². The highest BCUT2D eigenvalue weighted by atomic mass is 35.5. The topological polar surface area (TPSA) is 76.0 Å². The first-order valence-corrected chi connectivity index (χ1v) is 5.67. The molecule has 0 bridgehead atoms. The summed E-state index contributed by atoms with van der Waals surface area (Å²) in [4.78, 5) is 24.2. The van der Waals surface area contributed by atoms with Crippen LogP contribution in [0, 0.1) is 10.1 Å². The van der Waals surface area contributed by atoms with Crippen LogP contribution in [0.4, 0.5) is 5.69 Å². The molecule has 2 rings (SSSR count). The van der Waals surface area contributed by atoms with Gasteiger partial charge in [0.25, 0.3) is 5.69 Å². The van der Waals surface area contributed by atoms with Gasteiger partial charge in [0.15, 0.2) is 5.78 Å². The Bertz CT molecular complexity index is 646. The van der Waals surface area contributed by atoms with Gasteiger partial charge in [-0.05, 0) is 23.8 Å². The summed E-state index contributed by atoms with van der Waals surface area (Å²) in [5, 5.41) is 11.4. The molecule has 2 aromatic rings. The number of fused-ring (bicyclic) bond motifs is 1. The number of rotatable bonds is 4. The smallest absolute Gasteiger partial charge is 0.271 e. The molecule has 0 radical (unpaired) electrons. The first-order valence-electron chi connectivity index (χ1n) is 5.14. The molecule has 0 aliphatic carbocycles. The van der Waals surface area contributed by atoms with Gasteiger partial charge in [0.1, 0.15) is 0 Å². The fourth-order valence-corrected chi connectivity index (χ4v) is 1.70. The second-order valence-corrected chi connectivity index (χ2v) is 3.93. The van der Waals surface area contributed by atoms with Gasteiger partial charge in [0.2, 0.25) is 0 Å². The summed E-state index contributed by atoms with van der Waals surface area (Å²) < 4.78 is 0. The maximum Gasteiger partial charge on any atom is 0.271 e. The minimum absolute atomic E-state index is 0.0247. The first kappa shape index (κ1) is 12.3. The van der Waals surface area contributed by atoms with Crippen LogP contribution in [0.15, 0.2) is 30.5 Å². The van der Waals surface area contributed by atoms with Crippen LogP contribution in [-0.4, -0.2) is 21.6 Å². The van der Waals surface area contributed by atoms with E-state index in [1.165, 1.54) is 18.2 Å². The number of allylic oxidation sites excluding steroid dienone is 1. The van der Waals surface area contributed by atoms with Crippen LogP contribution in [0.1, 0.15) is 5.56 Å². The highest BCUT2D eigenvalue weighted by Gasteiger charge is 2.08. The Morgan fingerprint density at radius 3 is 2.94 bits per heavy atom. The normalized spacial score (nSPS) is 11.2. The Morgan fingerprint density at radius 1 is 1.50 bits per heavy atom. The lowest BCUT2D eigenvalue weighted by Crippen LogP contribution is -1.91. The van der Waals surface area contributed by atoms with Crippen LogP contribution in [0.3, 0.4) is 0 Å². The molecule has 0 unspecified atom stereocenters. The summed E-state index contributed by atoms with van der Waals surface area (Å²) in [7, 11) is 0. The minimum atomic E-state index is -0.452. The fourth-order valence-electron chi connectivity index (χ4n) is 1.62. The third kappa shape index (κ3) is 2.41. The van der Waals surface area contributed by atoms with Gasteiger partial charge in [-0.3, -0.25) is 14.9 Å². The number of carbonyl (C=O) groups is 1. The number of carbonyl (C=O) groups excluding carboxylic acids is 1. The first-order chi connectivity index (χ1) is 8.61. The van der Waals surface area contributed by atoms with Crippen molar-refractivity contribution < 1.29 is 9.72 Å². The Balaban J connectivity index is 2.40. The van der Waals surface area contributed by atoms with E-state index in [1.54, 1.807) is 18.3 Å². The number of hydrogen-bond donors (Lipinski definition) is 1. The molecule has 1 aromatic carbocycles. The van der Waals surface area contributed by atoms with Crippen LogP contribution in [0.25, 0.3) is 17.0 Å². The predicted octanol–water partition coefficient (Wildman–Crippen LogP) is 2.90. The predicted molar refractivity (Wildman–Crippen MR) is 69.7 cm³/mol. The monoisotopic (exact) mass is 264 g/mol. The molecule has 0 atom stereocenters. The van der Waals surface area contributed by atoms with Crippen molar-refractivity contribution in [2.75, 3.05) is 5.88 Å². The van der Waals surface area contributed by atoms with Crippen molar-refractivity contribution in [3.05, 3.63) is 46.1 Å². The average Bonchev–Trinajstić information content (AvgIpc) is 2.78. The number of aromatic nitrogens is 1. The lowest BCUT2D eigenvalue weighted by molar-refractivity contribution is -0.384. The van der Waals surface area contributed by atoms with Gasteiger partial charge in [-0.1, -0.05) is 0 Å². The van der Waals surface area contributed by atoms with Gasteiger partial charge >= 0.3 is 0 Å². The number of nitrogens with zero attached hydrogens (tertiary/aromatic N) is 1. The summed E-state index contributed by atoms with van der Waals surface area (Å²) in [6, 6.07) is 4.53. The number of benzene rings is 1. The van der Waals surface area contributed by atoms with Crippen molar-refractivity contribution in [2.24, 2.45) is 0 Å². The van der Waals surface area contributed by atoms with Crippen molar-refractivity contribution in [1.82, 2.24) is 4.98 Å². The van der Waals surface area contributed by atoms with Crippen LogP contribution >= 0.6 is 11.6 Å². The largest absolute Gasteiger partial charge is 0.360 e. The van der Waals surface area contributed by atoms with Gasteiger partial charge in [-0.25, -0.2) is 0 Å². The van der Waals surface area contributed by atoms with Crippen molar-refractivity contribution in [3.63, 3.8) is 0 Å². The molecule has 18 heavy (non-hydrogen) atoms. The Morgan fingerprint density at radius 2 is 2.28 bits per heavy atom. The maximum absolute atomic E-state index is 11.1. The van der Waals surface area contributed by atoms with E-state index in [0.29, 0.717) is 5.52 Å². The van der Waals surface area contributed by atoms with Crippen molar-refractivity contribution >= 4 is 40.1 Å². The standard InChI is InChI=1S/C12H9ClN2O3/c13-6-10(16)3-1-8-7-14-12-5-9(15(17)18)2-4-11(8)12/h1-5,7,14H,6H2. The molecule has 0 spiro atoms. The third-order valence-electron chi connectivity index (χ3n) is 2.49. The van der Waals surface area contributed by atoms with Gasteiger partial charge in [-0.15, -0.1) is 11.6 Å². The molecule has 1 heterocycles. The molecule has 0 fully saturated rings. The number of H-pyrrole nitrogens is 1. The number of alkyl halides is 1. The zero-order chi connectivity index (χ0) is 13.1. The molecule has 92 valence electrons. The maximum atomic E-state index is 11.1. The number of nitro groups is 1. The van der Waals surface area contributed by atoms with Crippen molar-refractivity contribution in [2.45, 2.75) is 0 Å². The molecule has 1 aromatic heterocycles. The number of hydrogen-bond acceptors (Lipinski definition) is 3. The van der Waals surface area contributed by atoms with Crippen LogP contribution < -0.4 is 0 Å². The number of ketones is 1. The molecule has 0 aliphatic rings. The average molecular weight is 265 g/mol. The van der Waals surface area contributed by atoms with Crippen molar-refractivity contribution in [1.29, 1.82) is 0 Å². The number of non-ortho nitro benzene ring substituents is 1. The summed E-state index contributed by atoms with van der Waals surface area (Å²) in [5.74, 6) is -0.252. The van der Waals surface area contributed by atoms with E-state index in [4.69, 9.17) is 11.6 Å². The Hall–Kier alpha value is -2.14. The second kappa shape index (κ2) is 5.01. The lowest BCUT2D eigenvalue weighted by atomic mass is 10.1. The summed E-state index contributed by atoms with van der Waals surface area (Å²) in [5.41, 5.74) is 1.47. The van der Waals surface area contributed by atoms with E-state index in [1.807, 2.05) is 0 Å². The number of nitro benzene ring substituents is 1. The van der Waals surface area contributed by atoms with E-state index in [9.17, 15) is 14.9 Å². The molecule has 5 nitrogen and oxygen atoms in total. The summed E-state index contributed by atoms with van der Waals surface area (Å²) in [6.45, 7) is 0. The summed E-state index contributed by atoms with van der Waals surface area (Å²) in [6.07, 6.45) is 4.71. The van der Waals surface area contributed by atoms with E-state index >= 15 is 0 Å². The van der Waals surface area contributed by atoms with Crippen molar-refractivity contribution in [3.8, 4) is 0 Å². The molecule has 1 N–H and O–H groups in total. The zero-order valence-corrected chi connectivity index (χ0v) is 9.98. The number of aromatic amines is 1. The number of nitrogens with one attached hydrogen (secondary N) is 1. The third-order valence-corrected chi connectivity index (χ3v) is 2.75. The highest BCUT2D eigenvalue weighted by Crippen LogP contribution is 2.23. The molecule has 0 aliphatic heterocycles. The van der Waals surface area contributed by atoms with E-state index < -0.39 is 4.92 Å². The van der Waals surface area contributed by atoms with E-state index in [-0.39, 0.29) is 17.4 Å².